The Bertz CT molecular complexity index is 1620. The van der Waals surface area contributed by atoms with Gasteiger partial charge in [-0.25, -0.2) is 19.2 Å². The lowest BCUT2D eigenvalue weighted by atomic mass is 10.1. The summed E-state index contributed by atoms with van der Waals surface area (Å²) < 4.78 is 3.08. The lowest BCUT2D eigenvalue weighted by Crippen LogP contribution is -2.19. The molecule has 1 aromatic carbocycles. The Kier molecular flexibility index (Phi) is 4.43. The van der Waals surface area contributed by atoms with Crippen LogP contribution in [0.1, 0.15) is 17.0 Å². The molecule has 11 nitrogen and oxygen atoms in total. The minimum atomic E-state index is -0.292. The zero-order valence-corrected chi connectivity index (χ0v) is 17.2. The molecule has 3 N–H and O–H groups in total. The van der Waals surface area contributed by atoms with Gasteiger partial charge in [-0.3, -0.25) is 19.5 Å². The van der Waals surface area contributed by atoms with Crippen LogP contribution in [0.25, 0.3) is 22.4 Å². The van der Waals surface area contributed by atoms with Crippen molar-refractivity contribution in [2.45, 2.75) is 20.3 Å². The number of rotatable bonds is 4. The number of anilines is 1. The molecule has 0 spiro atoms. The Morgan fingerprint density at radius 2 is 2.00 bits per heavy atom. The molecule has 0 radical (unpaired) electrons. The van der Waals surface area contributed by atoms with Gasteiger partial charge in [0.15, 0.2) is 11.3 Å². The Morgan fingerprint density at radius 1 is 1.19 bits per heavy atom. The van der Waals surface area contributed by atoms with Crippen LogP contribution in [-0.2, 0) is 11.2 Å². The van der Waals surface area contributed by atoms with E-state index in [-0.39, 0.29) is 23.4 Å². The van der Waals surface area contributed by atoms with Crippen LogP contribution in [0.15, 0.2) is 52.4 Å². The summed E-state index contributed by atoms with van der Waals surface area (Å²) in [6, 6.07) is 8.53. The largest absolute Gasteiger partial charge is 0.324 e. The van der Waals surface area contributed by atoms with E-state index in [4.69, 9.17) is 0 Å². The molecule has 0 saturated carbocycles. The van der Waals surface area contributed by atoms with Crippen molar-refractivity contribution in [1.29, 1.82) is 0 Å². The summed E-state index contributed by atoms with van der Waals surface area (Å²) in [6.07, 6.45) is 2.81. The Balaban J connectivity index is 1.49. The fourth-order valence-corrected chi connectivity index (χ4v) is 3.76. The molecular weight excluding hydrogens is 412 g/mol. The first-order valence-electron chi connectivity index (χ1n) is 9.81. The maximum Gasteiger partial charge on any atom is 0.266 e. The van der Waals surface area contributed by atoms with E-state index in [1.165, 1.54) is 23.3 Å². The van der Waals surface area contributed by atoms with Gasteiger partial charge >= 0.3 is 0 Å². The van der Waals surface area contributed by atoms with Gasteiger partial charge in [0, 0.05) is 23.0 Å². The van der Waals surface area contributed by atoms with Gasteiger partial charge in [0.1, 0.15) is 5.39 Å². The Morgan fingerprint density at radius 3 is 2.84 bits per heavy atom. The molecule has 11 heteroatoms. The molecule has 0 bridgehead atoms. The number of carbonyl (C=O) groups is 1. The summed E-state index contributed by atoms with van der Waals surface area (Å²) >= 11 is 0. The second-order valence-electron chi connectivity index (χ2n) is 7.34. The van der Waals surface area contributed by atoms with Crippen molar-refractivity contribution in [2.75, 3.05) is 5.32 Å². The van der Waals surface area contributed by atoms with Gasteiger partial charge in [-0.15, -0.1) is 0 Å². The highest BCUT2D eigenvalue weighted by Gasteiger charge is 2.17. The van der Waals surface area contributed by atoms with Gasteiger partial charge in [-0.1, -0.05) is 12.1 Å². The fourth-order valence-electron chi connectivity index (χ4n) is 3.76. The zero-order valence-electron chi connectivity index (χ0n) is 17.2. The number of aromatic nitrogens is 7. The molecule has 5 aromatic rings. The number of nitrogens with zero attached hydrogens (tertiary/aromatic N) is 5. The van der Waals surface area contributed by atoms with Gasteiger partial charge < -0.3 is 10.3 Å². The number of para-hydroxylation sites is 2. The summed E-state index contributed by atoms with van der Waals surface area (Å²) in [5, 5.41) is 10.2. The third-order valence-electron chi connectivity index (χ3n) is 5.32. The van der Waals surface area contributed by atoms with Crippen molar-refractivity contribution in [3.63, 3.8) is 0 Å². The van der Waals surface area contributed by atoms with Gasteiger partial charge in [-0.2, -0.15) is 5.10 Å². The minimum absolute atomic E-state index is 0.0624. The number of H-pyrrole nitrogens is 2. The second kappa shape index (κ2) is 7.30. The molecule has 160 valence electrons. The second-order valence-corrected chi connectivity index (χ2v) is 7.34. The van der Waals surface area contributed by atoms with Crippen LogP contribution in [0.5, 0.6) is 0 Å². The quantitative estimate of drug-likeness (QED) is 0.392. The average molecular weight is 430 g/mol. The SMILES string of the molecule is Cc1nc2cc(=O)[nH]n2c(C)c1CC(=O)Nc1ccccc1-n1ncc2c(=O)[nH]cnc21. The molecule has 0 aliphatic carbocycles. The van der Waals surface area contributed by atoms with Crippen molar-refractivity contribution in [2.24, 2.45) is 0 Å². The van der Waals surface area contributed by atoms with Gasteiger partial charge in [0.25, 0.3) is 11.1 Å². The molecule has 1 amide bonds. The molecule has 0 aliphatic heterocycles. The first-order chi connectivity index (χ1) is 15.4. The van der Waals surface area contributed by atoms with Crippen molar-refractivity contribution >= 4 is 28.3 Å². The van der Waals surface area contributed by atoms with Crippen LogP contribution in [0.3, 0.4) is 0 Å². The van der Waals surface area contributed by atoms with E-state index in [0.717, 1.165) is 11.3 Å². The van der Waals surface area contributed by atoms with E-state index in [1.54, 1.807) is 35.7 Å². The summed E-state index contributed by atoms with van der Waals surface area (Å²) in [5.74, 6) is -0.262. The summed E-state index contributed by atoms with van der Waals surface area (Å²) in [5.41, 5.74) is 3.56. The van der Waals surface area contributed by atoms with Gasteiger partial charge in [-0.05, 0) is 26.0 Å². The highest BCUT2D eigenvalue weighted by molar-refractivity contribution is 5.95. The Labute approximate surface area is 179 Å². The molecule has 4 heterocycles. The van der Waals surface area contributed by atoms with Crippen molar-refractivity contribution in [1.82, 2.24) is 34.3 Å². The number of amides is 1. The number of carbonyl (C=O) groups excluding carboxylic acids is 1. The fraction of sp³-hybridized carbons (Fsp3) is 0.143. The van der Waals surface area contributed by atoms with Gasteiger partial charge in [0.05, 0.1) is 30.3 Å². The predicted molar refractivity (Wildman–Crippen MR) is 117 cm³/mol. The van der Waals surface area contributed by atoms with Gasteiger partial charge in [0.2, 0.25) is 5.91 Å². The monoisotopic (exact) mass is 430 g/mol. The molecule has 0 atom stereocenters. The number of benzene rings is 1. The van der Waals surface area contributed by atoms with Crippen molar-refractivity contribution < 1.29 is 4.79 Å². The molecule has 4 aromatic heterocycles. The number of hydrogen-bond donors (Lipinski definition) is 3. The molecule has 0 saturated heterocycles. The number of nitrogens with one attached hydrogen (secondary N) is 3. The molecule has 0 fully saturated rings. The number of aromatic amines is 2. The lowest BCUT2D eigenvalue weighted by molar-refractivity contribution is -0.115. The molecule has 0 unspecified atom stereocenters. The minimum Gasteiger partial charge on any atom is -0.324 e. The van der Waals surface area contributed by atoms with E-state index < -0.39 is 0 Å². The highest BCUT2D eigenvalue weighted by Crippen LogP contribution is 2.23. The normalized spacial score (nSPS) is 11.3. The van der Waals surface area contributed by atoms with E-state index >= 15 is 0 Å². The molecule has 32 heavy (non-hydrogen) atoms. The summed E-state index contributed by atoms with van der Waals surface area (Å²) in [6.45, 7) is 3.63. The van der Waals surface area contributed by atoms with Crippen LogP contribution in [0.4, 0.5) is 5.69 Å². The van der Waals surface area contributed by atoms with Crippen molar-refractivity contribution in [3.05, 3.63) is 80.5 Å². The van der Waals surface area contributed by atoms with Crippen molar-refractivity contribution in [3.8, 4) is 5.69 Å². The van der Waals surface area contributed by atoms with E-state index in [9.17, 15) is 14.4 Å². The summed E-state index contributed by atoms with van der Waals surface area (Å²) in [7, 11) is 0. The number of fused-ring (bicyclic) bond motifs is 2. The van der Waals surface area contributed by atoms with E-state index in [1.807, 2.05) is 6.92 Å². The number of aryl methyl sites for hydroxylation is 2. The van der Waals surface area contributed by atoms with Crippen LogP contribution >= 0.6 is 0 Å². The van der Waals surface area contributed by atoms with Crippen LogP contribution < -0.4 is 16.4 Å². The number of hydrogen-bond acceptors (Lipinski definition) is 6. The molecular formula is C21H18N8O3. The first-order valence-corrected chi connectivity index (χ1v) is 9.81. The third-order valence-corrected chi connectivity index (χ3v) is 5.32. The van der Waals surface area contributed by atoms with E-state index in [2.05, 4.69) is 30.5 Å². The topological polar surface area (TPSA) is 143 Å². The molecule has 5 rings (SSSR count). The van der Waals surface area contributed by atoms with Crippen LogP contribution in [0, 0.1) is 13.8 Å². The lowest BCUT2D eigenvalue weighted by Gasteiger charge is -2.14. The van der Waals surface area contributed by atoms with Crippen LogP contribution in [0.2, 0.25) is 0 Å². The predicted octanol–water partition coefficient (Wildman–Crippen LogP) is 1.24. The smallest absolute Gasteiger partial charge is 0.266 e. The first kappa shape index (κ1) is 19.4. The van der Waals surface area contributed by atoms with Crippen LogP contribution in [-0.4, -0.2) is 40.3 Å². The van der Waals surface area contributed by atoms with E-state index in [0.29, 0.717) is 33.7 Å². The Hall–Kier alpha value is -4.54. The zero-order chi connectivity index (χ0) is 22.4. The highest BCUT2D eigenvalue weighted by atomic mass is 16.1. The summed E-state index contributed by atoms with van der Waals surface area (Å²) in [4.78, 5) is 47.8. The standard InChI is InChI=1S/C21H18N8O3/c1-11-13(12(2)28-17(25-11)8-19(31)27-28)7-18(30)26-15-5-3-4-6-16(15)29-20-14(9-24-29)21(32)23-10-22-20/h3-6,8-10H,7H2,1-2H3,(H,26,30)(H,27,31)(H,22,23,32). The maximum atomic E-state index is 12.9. The maximum absolute atomic E-state index is 12.9. The third kappa shape index (κ3) is 3.16. The molecule has 0 aliphatic rings. The average Bonchev–Trinajstić information content (AvgIpc) is 3.36.